The summed E-state index contributed by atoms with van der Waals surface area (Å²) in [6, 6.07) is 8.39. The molecule has 1 heterocycles. The summed E-state index contributed by atoms with van der Waals surface area (Å²) >= 11 is 2.35. The van der Waals surface area contributed by atoms with Gasteiger partial charge in [0.1, 0.15) is 5.82 Å². The average Bonchev–Trinajstić information content (AvgIpc) is 3.24. The Morgan fingerprint density at radius 1 is 1.16 bits per heavy atom. The van der Waals surface area contributed by atoms with Crippen LogP contribution in [-0.2, 0) is 0 Å². The van der Waals surface area contributed by atoms with Crippen LogP contribution in [0, 0.1) is 10.5 Å². The zero-order valence-corrected chi connectivity index (χ0v) is 13.2. The number of nitrogens with one attached hydrogen (secondary N) is 1. The molecular formula is C15H16IN3. The first-order valence-corrected chi connectivity index (χ1v) is 7.59. The summed E-state index contributed by atoms with van der Waals surface area (Å²) in [5, 5.41) is 3.18. The Balaban J connectivity index is 2.10. The molecule has 3 nitrogen and oxygen atoms in total. The molecule has 0 atom stereocenters. The fourth-order valence-electron chi connectivity index (χ4n) is 2.09. The van der Waals surface area contributed by atoms with Gasteiger partial charge in [0, 0.05) is 18.5 Å². The van der Waals surface area contributed by atoms with E-state index in [4.69, 9.17) is 4.98 Å². The number of rotatable bonds is 3. The van der Waals surface area contributed by atoms with Crippen LogP contribution in [-0.4, -0.2) is 17.0 Å². The predicted octanol–water partition coefficient (Wildman–Crippen LogP) is 3.98. The molecule has 1 aromatic carbocycles. The van der Waals surface area contributed by atoms with E-state index in [1.165, 1.54) is 27.7 Å². The molecule has 1 aliphatic carbocycles. The fourth-order valence-corrected chi connectivity index (χ4v) is 3.04. The first-order chi connectivity index (χ1) is 9.19. The summed E-state index contributed by atoms with van der Waals surface area (Å²) in [5.41, 5.74) is 3.54. The van der Waals surface area contributed by atoms with Crippen LogP contribution < -0.4 is 5.32 Å². The Kier molecular flexibility index (Phi) is 3.43. The van der Waals surface area contributed by atoms with Gasteiger partial charge in [0.25, 0.3) is 0 Å². The lowest BCUT2D eigenvalue weighted by atomic mass is 10.1. The molecule has 19 heavy (non-hydrogen) atoms. The summed E-state index contributed by atoms with van der Waals surface area (Å²) in [6.45, 7) is 2.09. The maximum atomic E-state index is 4.78. The number of halogens is 1. The Bertz CT molecular complexity index is 604. The molecule has 3 rings (SSSR count). The van der Waals surface area contributed by atoms with Crippen molar-refractivity contribution >= 4 is 28.4 Å². The monoisotopic (exact) mass is 365 g/mol. The molecule has 0 radical (unpaired) electrons. The van der Waals surface area contributed by atoms with Gasteiger partial charge in [-0.1, -0.05) is 29.8 Å². The standard InChI is InChI=1S/C15H16IN3/c1-9-3-5-11(6-4-9)14-18-13(10-7-8-10)12(16)15(17-2)19-14/h3-6,10H,7-8H2,1-2H3,(H,17,18,19). The van der Waals surface area contributed by atoms with E-state index in [2.05, 4.69) is 64.1 Å². The van der Waals surface area contributed by atoms with Crippen molar-refractivity contribution in [1.29, 1.82) is 0 Å². The third-order valence-electron chi connectivity index (χ3n) is 3.39. The second-order valence-corrected chi connectivity index (χ2v) is 6.06. The van der Waals surface area contributed by atoms with E-state index in [1.807, 2.05) is 7.05 Å². The highest BCUT2D eigenvalue weighted by atomic mass is 127. The number of aryl methyl sites for hydroxylation is 1. The largest absolute Gasteiger partial charge is 0.372 e. The van der Waals surface area contributed by atoms with Gasteiger partial charge in [0.15, 0.2) is 5.82 Å². The highest BCUT2D eigenvalue weighted by Crippen LogP contribution is 2.42. The van der Waals surface area contributed by atoms with Gasteiger partial charge in [-0.2, -0.15) is 0 Å². The highest BCUT2D eigenvalue weighted by Gasteiger charge is 2.29. The maximum Gasteiger partial charge on any atom is 0.161 e. The van der Waals surface area contributed by atoms with Crippen molar-refractivity contribution in [3.63, 3.8) is 0 Å². The third-order valence-corrected chi connectivity index (χ3v) is 4.45. The van der Waals surface area contributed by atoms with Crippen LogP contribution in [0.4, 0.5) is 5.82 Å². The first kappa shape index (κ1) is 12.8. The van der Waals surface area contributed by atoms with Gasteiger partial charge in [-0.05, 0) is 42.4 Å². The third kappa shape index (κ3) is 2.59. The Hall–Kier alpha value is -1.17. The molecule has 0 saturated heterocycles. The number of nitrogens with zero attached hydrogens (tertiary/aromatic N) is 2. The first-order valence-electron chi connectivity index (χ1n) is 6.51. The molecule has 0 aliphatic heterocycles. The topological polar surface area (TPSA) is 37.8 Å². The zero-order valence-electron chi connectivity index (χ0n) is 11.1. The quantitative estimate of drug-likeness (QED) is 0.837. The van der Waals surface area contributed by atoms with Gasteiger partial charge < -0.3 is 5.32 Å². The molecule has 1 fully saturated rings. The smallest absolute Gasteiger partial charge is 0.161 e. The number of hydrogen-bond acceptors (Lipinski definition) is 3. The minimum absolute atomic E-state index is 0.631. The molecular weight excluding hydrogens is 349 g/mol. The summed E-state index contributed by atoms with van der Waals surface area (Å²) in [5.74, 6) is 2.39. The molecule has 4 heteroatoms. The van der Waals surface area contributed by atoms with Crippen molar-refractivity contribution in [1.82, 2.24) is 9.97 Å². The van der Waals surface area contributed by atoms with Crippen molar-refractivity contribution in [2.24, 2.45) is 0 Å². The van der Waals surface area contributed by atoms with Crippen LogP contribution in [0.15, 0.2) is 24.3 Å². The van der Waals surface area contributed by atoms with Crippen LogP contribution in [0.1, 0.15) is 30.0 Å². The SMILES string of the molecule is CNc1nc(-c2ccc(C)cc2)nc(C2CC2)c1I. The molecule has 1 saturated carbocycles. The fraction of sp³-hybridized carbons (Fsp3) is 0.333. The minimum atomic E-state index is 0.631. The van der Waals surface area contributed by atoms with E-state index in [-0.39, 0.29) is 0 Å². The van der Waals surface area contributed by atoms with Crippen LogP contribution in [0.2, 0.25) is 0 Å². The molecule has 2 aromatic rings. The Morgan fingerprint density at radius 2 is 1.84 bits per heavy atom. The van der Waals surface area contributed by atoms with Crippen molar-refractivity contribution in [2.45, 2.75) is 25.7 Å². The molecule has 0 unspecified atom stereocenters. The second kappa shape index (κ2) is 5.07. The summed E-state index contributed by atoms with van der Waals surface area (Å²) in [6.07, 6.45) is 2.51. The van der Waals surface area contributed by atoms with E-state index in [9.17, 15) is 0 Å². The summed E-state index contributed by atoms with van der Waals surface area (Å²) < 4.78 is 1.17. The van der Waals surface area contributed by atoms with Crippen molar-refractivity contribution in [3.8, 4) is 11.4 Å². The van der Waals surface area contributed by atoms with E-state index in [0.717, 1.165) is 17.2 Å². The molecule has 1 aromatic heterocycles. The lowest BCUT2D eigenvalue weighted by Gasteiger charge is -2.11. The summed E-state index contributed by atoms with van der Waals surface area (Å²) in [7, 11) is 1.92. The van der Waals surface area contributed by atoms with Gasteiger partial charge >= 0.3 is 0 Å². The van der Waals surface area contributed by atoms with E-state index in [1.54, 1.807) is 0 Å². The molecule has 1 N–H and O–H groups in total. The lowest BCUT2D eigenvalue weighted by molar-refractivity contribution is 0.979. The number of benzene rings is 1. The van der Waals surface area contributed by atoms with Crippen LogP contribution >= 0.6 is 22.6 Å². The predicted molar refractivity (Wildman–Crippen MR) is 86.4 cm³/mol. The molecule has 1 aliphatic rings. The highest BCUT2D eigenvalue weighted by molar-refractivity contribution is 14.1. The van der Waals surface area contributed by atoms with E-state index < -0.39 is 0 Å². The lowest BCUT2D eigenvalue weighted by Crippen LogP contribution is -2.04. The van der Waals surface area contributed by atoms with Crippen LogP contribution in [0.25, 0.3) is 11.4 Å². The van der Waals surface area contributed by atoms with Crippen molar-refractivity contribution in [2.75, 3.05) is 12.4 Å². The van der Waals surface area contributed by atoms with Crippen molar-refractivity contribution < 1.29 is 0 Å². The van der Waals surface area contributed by atoms with Crippen LogP contribution in [0.5, 0.6) is 0 Å². The van der Waals surface area contributed by atoms with Crippen molar-refractivity contribution in [3.05, 3.63) is 39.1 Å². The molecule has 0 spiro atoms. The number of hydrogen-bond donors (Lipinski definition) is 1. The zero-order chi connectivity index (χ0) is 13.4. The average molecular weight is 365 g/mol. The molecule has 0 amide bonds. The van der Waals surface area contributed by atoms with Gasteiger partial charge in [-0.3, -0.25) is 0 Å². The van der Waals surface area contributed by atoms with Gasteiger partial charge in [0.2, 0.25) is 0 Å². The number of anilines is 1. The molecule has 0 bridgehead atoms. The number of aromatic nitrogens is 2. The van der Waals surface area contributed by atoms with Gasteiger partial charge in [-0.25, -0.2) is 9.97 Å². The van der Waals surface area contributed by atoms with Crippen LogP contribution in [0.3, 0.4) is 0 Å². The maximum absolute atomic E-state index is 4.78. The Labute approximate surface area is 127 Å². The molecule has 98 valence electrons. The minimum Gasteiger partial charge on any atom is -0.372 e. The Morgan fingerprint density at radius 3 is 2.42 bits per heavy atom. The van der Waals surface area contributed by atoms with E-state index >= 15 is 0 Å². The van der Waals surface area contributed by atoms with Gasteiger partial charge in [0.05, 0.1) is 9.26 Å². The van der Waals surface area contributed by atoms with Gasteiger partial charge in [-0.15, -0.1) is 0 Å². The second-order valence-electron chi connectivity index (χ2n) is 4.99. The summed E-state index contributed by atoms with van der Waals surface area (Å²) in [4.78, 5) is 9.42. The normalized spacial score (nSPS) is 14.5. The van der Waals surface area contributed by atoms with E-state index in [0.29, 0.717) is 5.92 Å².